The third-order valence-electron chi connectivity index (χ3n) is 4.13. The molecule has 1 aromatic heterocycles. The normalized spacial score (nSPS) is 16.5. The Hall–Kier alpha value is -1.66. The van der Waals surface area contributed by atoms with Crippen molar-refractivity contribution in [3.63, 3.8) is 0 Å². The first kappa shape index (κ1) is 14.3. The minimum atomic E-state index is -3.49. The van der Waals surface area contributed by atoms with Crippen molar-refractivity contribution in [3.05, 3.63) is 47.3 Å². The van der Waals surface area contributed by atoms with Crippen LogP contribution in [0.1, 0.15) is 23.2 Å². The van der Waals surface area contributed by atoms with Crippen LogP contribution in [-0.4, -0.2) is 29.0 Å². The molecule has 0 N–H and O–H groups in total. The van der Waals surface area contributed by atoms with Crippen LogP contribution in [0.3, 0.4) is 0 Å². The Morgan fingerprint density at radius 3 is 2.57 bits per heavy atom. The van der Waals surface area contributed by atoms with E-state index in [4.69, 9.17) is 0 Å². The van der Waals surface area contributed by atoms with Gasteiger partial charge in [0.05, 0.1) is 11.9 Å². The Morgan fingerprint density at radius 1 is 1.19 bits per heavy atom. The van der Waals surface area contributed by atoms with Crippen LogP contribution in [0.4, 0.5) is 0 Å². The number of aryl methyl sites for hydroxylation is 2. The molecular weight excluding hydrogens is 286 g/mol. The molecule has 21 heavy (non-hydrogen) atoms. The molecule has 0 spiro atoms. The van der Waals surface area contributed by atoms with E-state index in [9.17, 15) is 8.42 Å². The van der Waals surface area contributed by atoms with Crippen LogP contribution in [0.15, 0.2) is 35.4 Å². The molecular formula is C15H19N3O2S. The van der Waals surface area contributed by atoms with Crippen LogP contribution in [0.25, 0.3) is 0 Å². The monoisotopic (exact) mass is 305 g/mol. The number of hydrogen-bond donors (Lipinski definition) is 0. The van der Waals surface area contributed by atoms with Gasteiger partial charge in [0.25, 0.3) is 0 Å². The van der Waals surface area contributed by atoms with Crippen LogP contribution in [0.2, 0.25) is 0 Å². The maximum absolute atomic E-state index is 12.9. The van der Waals surface area contributed by atoms with E-state index in [0.29, 0.717) is 23.7 Å². The van der Waals surface area contributed by atoms with E-state index in [0.717, 1.165) is 18.4 Å². The summed E-state index contributed by atoms with van der Waals surface area (Å²) >= 11 is 0. The highest BCUT2D eigenvalue weighted by Crippen LogP contribution is 2.25. The molecule has 3 rings (SSSR count). The second-order valence-electron chi connectivity index (χ2n) is 5.43. The van der Waals surface area contributed by atoms with Gasteiger partial charge in [-0.15, -0.1) is 0 Å². The molecule has 0 radical (unpaired) electrons. The highest BCUT2D eigenvalue weighted by atomic mass is 32.2. The molecule has 1 aliphatic rings. The van der Waals surface area contributed by atoms with E-state index in [1.807, 2.05) is 18.2 Å². The van der Waals surface area contributed by atoms with Gasteiger partial charge in [-0.3, -0.25) is 4.68 Å². The van der Waals surface area contributed by atoms with Gasteiger partial charge in [-0.05, 0) is 30.9 Å². The predicted octanol–water partition coefficient (Wildman–Crippen LogP) is 1.87. The maximum Gasteiger partial charge on any atom is 0.246 e. The van der Waals surface area contributed by atoms with E-state index in [2.05, 4.69) is 11.2 Å². The molecule has 0 unspecified atom stereocenters. The fraction of sp³-hybridized carbons (Fsp3) is 0.400. The lowest BCUT2D eigenvalue weighted by Gasteiger charge is -2.20. The van der Waals surface area contributed by atoms with Gasteiger partial charge in [0.2, 0.25) is 10.0 Å². The molecule has 2 heterocycles. The van der Waals surface area contributed by atoms with Crippen molar-refractivity contribution < 1.29 is 8.42 Å². The predicted molar refractivity (Wildman–Crippen MR) is 80.3 cm³/mol. The van der Waals surface area contributed by atoms with E-state index in [1.165, 1.54) is 11.8 Å². The summed E-state index contributed by atoms with van der Waals surface area (Å²) in [5, 5.41) is 4.06. The van der Waals surface area contributed by atoms with E-state index in [-0.39, 0.29) is 0 Å². The Kier molecular flexibility index (Phi) is 3.59. The average Bonchev–Trinajstić information content (AvgIpc) is 2.69. The Morgan fingerprint density at radius 2 is 1.90 bits per heavy atom. The van der Waals surface area contributed by atoms with Crippen molar-refractivity contribution in [2.45, 2.75) is 31.2 Å². The molecule has 0 amide bonds. The second kappa shape index (κ2) is 5.27. The minimum Gasteiger partial charge on any atom is -0.272 e. The molecule has 6 heteroatoms. The van der Waals surface area contributed by atoms with Gasteiger partial charge < -0.3 is 0 Å². The Balaban J connectivity index is 1.99. The van der Waals surface area contributed by atoms with Gasteiger partial charge in [0, 0.05) is 20.1 Å². The molecule has 112 valence electrons. The standard InChI is InChI=1S/C15H19N3O2S/c1-12-15(10-16-17(12)2)21(19,20)18-9-5-8-13-6-3-4-7-14(13)11-18/h3-4,6-7,10H,5,8-9,11H2,1-2H3. The zero-order valence-corrected chi connectivity index (χ0v) is 13.1. The van der Waals surface area contributed by atoms with Crippen LogP contribution < -0.4 is 0 Å². The lowest BCUT2D eigenvalue weighted by atomic mass is 10.0. The van der Waals surface area contributed by atoms with Gasteiger partial charge in [0.1, 0.15) is 4.90 Å². The quantitative estimate of drug-likeness (QED) is 0.851. The van der Waals surface area contributed by atoms with Crippen LogP contribution in [-0.2, 0) is 30.0 Å². The van der Waals surface area contributed by atoms with Crippen molar-refractivity contribution in [2.24, 2.45) is 7.05 Å². The third-order valence-corrected chi connectivity index (χ3v) is 6.07. The van der Waals surface area contributed by atoms with Gasteiger partial charge in [-0.25, -0.2) is 8.42 Å². The molecule has 0 fully saturated rings. The molecule has 0 aliphatic carbocycles. The number of fused-ring (bicyclic) bond motifs is 1. The van der Waals surface area contributed by atoms with Crippen LogP contribution in [0, 0.1) is 6.92 Å². The molecule has 0 atom stereocenters. The van der Waals surface area contributed by atoms with Crippen molar-refractivity contribution in [1.29, 1.82) is 0 Å². The van der Waals surface area contributed by atoms with Crippen molar-refractivity contribution in [1.82, 2.24) is 14.1 Å². The van der Waals surface area contributed by atoms with Crippen molar-refractivity contribution in [3.8, 4) is 0 Å². The summed E-state index contributed by atoms with van der Waals surface area (Å²) in [5.41, 5.74) is 3.02. The van der Waals surface area contributed by atoms with Crippen molar-refractivity contribution >= 4 is 10.0 Å². The van der Waals surface area contributed by atoms with Crippen LogP contribution in [0.5, 0.6) is 0 Å². The number of nitrogens with zero attached hydrogens (tertiary/aromatic N) is 3. The highest BCUT2D eigenvalue weighted by Gasteiger charge is 2.29. The number of hydrogen-bond acceptors (Lipinski definition) is 3. The third kappa shape index (κ3) is 2.49. The number of sulfonamides is 1. The van der Waals surface area contributed by atoms with Gasteiger partial charge in [-0.1, -0.05) is 24.3 Å². The molecule has 5 nitrogen and oxygen atoms in total. The highest BCUT2D eigenvalue weighted by molar-refractivity contribution is 7.89. The first-order chi connectivity index (χ1) is 10.00. The van der Waals surface area contributed by atoms with Crippen molar-refractivity contribution in [2.75, 3.05) is 6.54 Å². The van der Waals surface area contributed by atoms with Gasteiger partial charge in [-0.2, -0.15) is 9.40 Å². The summed E-state index contributed by atoms with van der Waals surface area (Å²) < 4.78 is 28.9. The Labute approximate surface area is 125 Å². The summed E-state index contributed by atoms with van der Waals surface area (Å²) in [4.78, 5) is 0.310. The summed E-state index contributed by atoms with van der Waals surface area (Å²) in [5.74, 6) is 0. The second-order valence-corrected chi connectivity index (χ2v) is 7.34. The first-order valence-corrected chi connectivity index (χ1v) is 8.49. The zero-order chi connectivity index (χ0) is 15.0. The zero-order valence-electron chi connectivity index (χ0n) is 12.3. The number of rotatable bonds is 2. The first-order valence-electron chi connectivity index (χ1n) is 7.05. The molecule has 2 aromatic rings. The molecule has 1 aliphatic heterocycles. The average molecular weight is 305 g/mol. The SMILES string of the molecule is Cc1c(S(=O)(=O)N2CCCc3ccccc3C2)cnn1C. The Bertz CT molecular complexity index is 765. The molecule has 0 saturated carbocycles. The molecule has 0 saturated heterocycles. The summed E-state index contributed by atoms with van der Waals surface area (Å²) in [6.45, 7) is 2.77. The minimum absolute atomic E-state index is 0.310. The maximum atomic E-state index is 12.9. The number of aromatic nitrogens is 2. The fourth-order valence-corrected chi connectivity index (χ4v) is 4.39. The number of benzene rings is 1. The van der Waals surface area contributed by atoms with Crippen LogP contribution >= 0.6 is 0 Å². The topological polar surface area (TPSA) is 55.2 Å². The molecule has 1 aromatic carbocycles. The molecule has 0 bridgehead atoms. The van der Waals surface area contributed by atoms with E-state index in [1.54, 1.807) is 23.0 Å². The lowest BCUT2D eigenvalue weighted by Crippen LogP contribution is -2.31. The van der Waals surface area contributed by atoms with Gasteiger partial charge in [0.15, 0.2) is 0 Å². The smallest absolute Gasteiger partial charge is 0.246 e. The summed E-state index contributed by atoms with van der Waals surface area (Å²) in [6.07, 6.45) is 3.21. The van der Waals surface area contributed by atoms with Gasteiger partial charge >= 0.3 is 0 Å². The largest absolute Gasteiger partial charge is 0.272 e. The summed E-state index contributed by atoms with van der Waals surface area (Å²) in [6, 6.07) is 8.07. The fourth-order valence-electron chi connectivity index (χ4n) is 2.75. The van der Waals surface area contributed by atoms with E-state index >= 15 is 0 Å². The lowest BCUT2D eigenvalue weighted by molar-refractivity contribution is 0.409. The summed E-state index contributed by atoms with van der Waals surface area (Å²) in [7, 11) is -1.73. The van der Waals surface area contributed by atoms with E-state index < -0.39 is 10.0 Å².